The summed E-state index contributed by atoms with van der Waals surface area (Å²) in [5.74, 6) is -0.859. The molecule has 190 valence electrons. The van der Waals surface area contributed by atoms with Crippen LogP contribution < -0.4 is 20.7 Å². The highest BCUT2D eigenvalue weighted by Crippen LogP contribution is 2.65. The number of benzene rings is 1. The summed E-state index contributed by atoms with van der Waals surface area (Å²) in [7, 11) is 1.42. The van der Waals surface area contributed by atoms with Gasteiger partial charge in [-0.3, -0.25) is 14.6 Å². The zero-order valence-corrected chi connectivity index (χ0v) is 20.1. The third kappa shape index (κ3) is 4.16. The lowest BCUT2D eigenvalue weighted by Gasteiger charge is -2.62. The quantitative estimate of drug-likeness (QED) is 0.420. The van der Waals surface area contributed by atoms with E-state index in [0.29, 0.717) is 11.3 Å². The first-order valence-corrected chi connectivity index (χ1v) is 12.2. The van der Waals surface area contributed by atoms with Crippen molar-refractivity contribution in [3.8, 4) is 17.0 Å². The number of pyridine rings is 1. The highest BCUT2D eigenvalue weighted by atomic mass is 19.1. The van der Waals surface area contributed by atoms with Crippen molar-refractivity contribution in [1.82, 2.24) is 20.5 Å². The number of ether oxygens (including phenoxy) is 1. The molecule has 0 atom stereocenters. The molecule has 2 aromatic heterocycles. The van der Waals surface area contributed by atoms with Crippen molar-refractivity contribution in [2.45, 2.75) is 37.5 Å². The minimum atomic E-state index is -2.78. The maximum Gasteiger partial charge on any atom is 0.273 e. The van der Waals surface area contributed by atoms with Gasteiger partial charge in [-0.15, -0.1) is 10.2 Å². The smallest absolute Gasteiger partial charge is 0.273 e. The molecule has 0 spiro atoms. The van der Waals surface area contributed by atoms with Gasteiger partial charge in [0.2, 0.25) is 5.91 Å². The number of rotatable bonds is 8. The predicted octanol–water partition coefficient (Wildman–Crippen LogP) is 4.19. The topological polar surface area (TPSA) is 118 Å². The van der Waals surface area contributed by atoms with Gasteiger partial charge in [0.15, 0.2) is 17.3 Å². The molecule has 37 heavy (non-hydrogen) atoms. The molecule has 2 bridgehead atoms. The van der Waals surface area contributed by atoms with Gasteiger partial charge in [-0.2, -0.15) is 0 Å². The number of nitrogens with zero attached hydrogens (tertiary/aromatic N) is 3. The number of aromatic nitrogens is 3. The summed E-state index contributed by atoms with van der Waals surface area (Å²) in [4.78, 5) is 29.6. The molecule has 0 radical (unpaired) electrons. The van der Waals surface area contributed by atoms with Crippen LogP contribution in [0.4, 0.5) is 21.6 Å². The van der Waals surface area contributed by atoms with Crippen molar-refractivity contribution >= 4 is 29.0 Å². The van der Waals surface area contributed by atoms with E-state index in [-0.39, 0.29) is 45.9 Å². The number of carbonyl (C=O) groups excluding carboxylic acids is 2. The highest BCUT2D eigenvalue weighted by Gasteiger charge is 2.57. The fourth-order valence-corrected chi connectivity index (χ4v) is 5.29. The Hall–Kier alpha value is -4.08. The van der Waals surface area contributed by atoms with Gasteiger partial charge in [-0.25, -0.2) is 4.39 Å². The Morgan fingerprint density at radius 1 is 1.14 bits per heavy atom. The minimum Gasteiger partial charge on any atom is -0.494 e. The molecule has 7 rings (SSSR count). The van der Waals surface area contributed by atoms with Crippen molar-refractivity contribution in [2.75, 3.05) is 24.7 Å². The molecule has 3 N–H and O–H groups in total. The molecule has 9 nitrogen and oxygen atoms in total. The van der Waals surface area contributed by atoms with Gasteiger partial charge in [0.25, 0.3) is 5.91 Å². The van der Waals surface area contributed by atoms with E-state index in [4.69, 9.17) is 8.85 Å². The zero-order valence-electron chi connectivity index (χ0n) is 23.1. The number of amides is 2. The molecule has 0 aliphatic heterocycles. The number of halogens is 1. The molecule has 4 fully saturated rings. The second kappa shape index (κ2) is 8.79. The molecule has 4 aliphatic carbocycles. The van der Waals surface area contributed by atoms with E-state index in [1.54, 1.807) is 0 Å². The third-order valence-corrected chi connectivity index (χ3v) is 7.54. The van der Waals surface area contributed by atoms with E-state index < -0.39 is 18.7 Å². The van der Waals surface area contributed by atoms with Crippen LogP contribution in [-0.4, -0.2) is 41.1 Å². The number of anilines is 3. The summed E-state index contributed by atoms with van der Waals surface area (Å²) >= 11 is 0. The minimum absolute atomic E-state index is 0.00961. The molecule has 0 saturated heterocycles. The number of methoxy groups -OCH3 is 1. The maximum absolute atomic E-state index is 14.9. The van der Waals surface area contributed by atoms with Gasteiger partial charge in [0, 0.05) is 40.9 Å². The van der Waals surface area contributed by atoms with Crippen molar-refractivity contribution < 1.29 is 22.8 Å². The largest absolute Gasteiger partial charge is 0.494 e. The summed E-state index contributed by atoms with van der Waals surface area (Å²) in [6.07, 6.45) is 6.93. The van der Waals surface area contributed by atoms with Crippen LogP contribution in [0.2, 0.25) is 0 Å². The van der Waals surface area contributed by atoms with E-state index in [1.165, 1.54) is 50.1 Å². The van der Waals surface area contributed by atoms with Crippen LogP contribution in [-0.2, 0) is 10.2 Å². The van der Waals surface area contributed by atoms with Gasteiger partial charge in [0.05, 0.1) is 24.2 Å². The van der Waals surface area contributed by atoms with Gasteiger partial charge in [-0.05, 0) is 61.1 Å². The highest BCUT2D eigenvalue weighted by molar-refractivity contribution is 6.00. The molecule has 1 aromatic carbocycles. The molecule has 2 amide bonds. The molecule has 10 heteroatoms. The Kier molecular flexibility index (Phi) is 4.76. The molecule has 0 unspecified atom stereocenters. The predicted molar refractivity (Wildman–Crippen MR) is 135 cm³/mol. The molecule has 2 heterocycles. The van der Waals surface area contributed by atoms with E-state index in [2.05, 4.69) is 25.8 Å². The molecular formula is C27H27FN6O3. The van der Waals surface area contributed by atoms with Gasteiger partial charge in [-0.1, -0.05) is 6.07 Å². The fraction of sp³-hybridized carbons (Fsp3) is 0.370. The molecular weight excluding hydrogens is 475 g/mol. The second-order valence-corrected chi connectivity index (χ2v) is 10.1. The second-order valence-electron chi connectivity index (χ2n) is 10.1. The number of hydrogen-bond acceptors (Lipinski definition) is 7. The van der Waals surface area contributed by atoms with Gasteiger partial charge >= 0.3 is 0 Å². The van der Waals surface area contributed by atoms with Crippen molar-refractivity contribution in [1.29, 1.82) is 0 Å². The van der Waals surface area contributed by atoms with Gasteiger partial charge in [0.1, 0.15) is 5.82 Å². The number of nitrogens with one attached hydrogen (secondary N) is 3. The van der Waals surface area contributed by atoms with E-state index >= 15 is 0 Å². The Morgan fingerprint density at radius 3 is 2.57 bits per heavy atom. The monoisotopic (exact) mass is 505 g/mol. The lowest BCUT2D eigenvalue weighted by molar-refractivity contribution is -0.117. The lowest BCUT2D eigenvalue weighted by atomic mass is 9.42. The Bertz CT molecular complexity index is 1490. The number of carbonyl (C=O) groups is 2. The molecule has 4 saturated carbocycles. The third-order valence-electron chi connectivity index (χ3n) is 7.54. The summed E-state index contributed by atoms with van der Waals surface area (Å²) in [6, 6.07) is 7.68. The van der Waals surface area contributed by atoms with Crippen LogP contribution in [0.25, 0.3) is 11.3 Å². The SMILES string of the molecule is [2H]C([2H])([2H])NC(=O)c1nnc(NC(=O)C2CC2)cc1Nc1cc(F)cc(-c2ccc(C34CC(C3)C4)cn2)c1OC. The van der Waals surface area contributed by atoms with Crippen LogP contribution in [0.1, 0.15) is 52.3 Å². The maximum atomic E-state index is 14.9. The average molecular weight is 506 g/mol. The van der Waals surface area contributed by atoms with Crippen LogP contribution in [0.5, 0.6) is 5.75 Å². The summed E-state index contributed by atoms with van der Waals surface area (Å²) in [6.45, 7) is -2.78. The Morgan fingerprint density at radius 2 is 1.95 bits per heavy atom. The van der Waals surface area contributed by atoms with Gasteiger partial charge < -0.3 is 20.7 Å². The van der Waals surface area contributed by atoms with Crippen molar-refractivity contribution in [2.24, 2.45) is 11.8 Å². The van der Waals surface area contributed by atoms with E-state index in [9.17, 15) is 14.0 Å². The first-order chi connectivity index (χ1) is 19.0. The first-order valence-electron chi connectivity index (χ1n) is 13.7. The number of hydrogen-bond donors (Lipinski definition) is 3. The summed E-state index contributed by atoms with van der Waals surface area (Å²) < 4.78 is 42.7. The lowest BCUT2D eigenvalue weighted by Crippen LogP contribution is -2.55. The Labute approximate surface area is 217 Å². The van der Waals surface area contributed by atoms with Crippen LogP contribution in [0, 0.1) is 17.7 Å². The Balaban J connectivity index is 1.35. The normalized spacial score (nSPS) is 22.9. The zero-order chi connectivity index (χ0) is 28.2. The fourth-order valence-electron chi connectivity index (χ4n) is 5.29. The average Bonchev–Trinajstić information content (AvgIpc) is 3.67. The van der Waals surface area contributed by atoms with Crippen LogP contribution >= 0.6 is 0 Å². The first kappa shape index (κ1) is 20.0. The molecule has 4 aliphatic rings. The van der Waals surface area contributed by atoms with Crippen LogP contribution in [0.15, 0.2) is 36.5 Å². The molecule has 3 aromatic rings. The van der Waals surface area contributed by atoms with E-state index in [0.717, 1.165) is 18.8 Å². The summed E-state index contributed by atoms with van der Waals surface area (Å²) in [5.41, 5.74) is 2.06. The van der Waals surface area contributed by atoms with Crippen molar-refractivity contribution in [3.63, 3.8) is 0 Å². The van der Waals surface area contributed by atoms with E-state index in [1.807, 2.05) is 23.6 Å². The van der Waals surface area contributed by atoms with Crippen molar-refractivity contribution in [3.05, 3.63) is 53.6 Å². The van der Waals surface area contributed by atoms with Crippen LogP contribution in [0.3, 0.4) is 0 Å². The summed E-state index contributed by atoms with van der Waals surface area (Å²) in [5, 5.41) is 15.2. The standard InChI is InChI=1S/C27H27FN6O3/c1-29-26(36)23-20(9-22(33-34-23)32-25(35)15-3-4-15)31-21-8-17(28)7-18(24(21)37-2)19-6-5-16(13-30-19)27-10-14(11-27)12-27/h5-9,13-15H,3-4,10-12H2,1-2H3,(H,29,36)(H2,31,32,33,35)/i1D3.